The zero-order valence-corrected chi connectivity index (χ0v) is 34.9. The van der Waals surface area contributed by atoms with E-state index in [1.165, 1.54) is 11.3 Å². The molecule has 2 aliphatic heterocycles. The SMILES string of the molecule is CC(C)Nc1cc(OC2C[C@@H](C(N)=O)N(C(=O)[C@H](CCCCC/C=C\[C@@H]3C[C@@H]3C(=O)O)NC(=O)OC3CC4C[C@H]4C3)C2)c2ccc(OCCN3CCOCC3)c(Cl)c2n1. The molecule has 0 bridgehead atoms. The fourth-order valence-corrected chi connectivity index (χ4v) is 9.04. The monoisotopic (exact) mass is 838 g/mol. The maximum atomic E-state index is 14.4. The largest absolute Gasteiger partial charge is 0.491 e. The van der Waals surface area contributed by atoms with Crippen LogP contribution in [0.15, 0.2) is 30.4 Å². The average Bonchev–Trinajstić information content (AvgIpc) is 4.06. The van der Waals surface area contributed by atoms with E-state index < -0.39 is 42.1 Å². The first-order valence-electron chi connectivity index (χ1n) is 21.4. The van der Waals surface area contributed by atoms with Crippen LogP contribution in [-0.4, -0.2) is 120 Å². The highest BCUT2D eigenvalue weighted by atomic mass is 35.5. The number of carboxylic acid groups (broad SMARTS) is 1. The van der Waals surface area contributed by atoms with Crippen LogP contribution in [0.3, 0.4) is 0 Å². The molecule has 2 saturated heterocycles. The van der Waals surface area contributed by atoms with E-state index in [2.05, 4.69) is 15.5 Å². The van der Waals surface area contributed by atoms with Crippen molar-refractivity contribution in [2.24, 2.45) is 29.4 Å². The third-order valence-electron chi connectivity index (χ3n) is 12.2. The van der Waals surface area contributed by atoms with Crippen LogP contribution in [0.2, 0.25) is 5.02 Å². The molecule has 3 saturated carbocycles. The molecule has 15 nitrogen and oxygen atoms in total. The number of ether oxygens (including phenoxy) is 4. The van der Waals surface area contributed by atoms with Crippen molar-refractivity contribution in [2.45, 2.75) is 108 Å². The number of halogens is 1. The number of nitrogens with one attached hydrogen (secondary N) is 2. The molecule has 0 radical (unpaired) electrons. The first-order chi connectivity index (χ1) is 28.4. The van der Waals surface area contributed by atoms with Gasteiger partial charge < -0.3 is 45.3 Å². The quantitative estimate of drug-likeness (QED) is 0.0985. The second kappa shape index (κ2) is 19.4. The van der Waals surface area contributed by atoms with Gasteiger partial charge in [-0.2, -0.15) is 0 Å². The van der Waals surface area contributed by atoms with Crippen LogP contribution in [0.1, 0.15) is 78.1 Å². The molecular formula is C43H59ClN6O9. The lowest BCUT2D eigenvalue weighted by Crippen LogP contribution is -2.53. The molecule has 1 aromatic carbocycles. The summed E-state index contributed by atoms with van der Waals surface area (Å²) in [5.74, 6) is 0.785. The van der Waals surface area contributed by atoms with Crippen molar-refractivity contribution < 1.29 is 43.2 Å². The highest BCUT2D eigenvalue weighted by molar-refractivity contribution is 6.36. The number of nitrogens with zero attached hydrogens (tertiary/aromatic N) is 3. The summed E-state index contributed by atoms with van der Waals surface area (Å²) in [6, 6.07) is 3.62. The van der Waals surface area contributed by atoms with Crippen LogP contribution in [0.4, 0.5) is 10.6 Å². The minimum absolute atomic E-state index is 0.0552. The van der Waals surface area contributed by atoms with Crippen molar-refractivity contribution in [1.82, 2.24) is 20.1 Å². The minimum atomic E-state index is -0.951. The Morgan fingerprint density at radius 1 is 1.03 bits per heavy atom. The molecular weight excluding hydrogens is 780 g/mol. The van der Waals surface area contributed by atoms with Crippen LogP contribution in [0.5, 0.6) is 11.5 Å². The predicted octanol–water partition coefficient (Wildman–Crippen LogP) is 5.37. The summed E-state index contributed by atoms with van der Waals surface area (Å²) >= 11 is 6.95. The Bertz CT molecular complexity index is 1860. The summed E-state index contributed by atoms with van der Waals surface area (Å²) in [4.78, 5) is 60.1. The van der Waals surface area contributed by atoms with Gasteiger partial charge in [0.05, 0.1) is 31.2 Å². The summed E-state index contributed by atoms with van der Waals surface area (Å²) in [5.41, 5.74) is 6.41. The molecule has 3 unspecified atom stereocenters. The van der Waals surface area contributed by atoms with Crippen molar-refractivity contribution in [2.75, 3.05) is 51.3 Å². The van der Waals surface area contributed by atoms with E-state index in [0.717, 1.165) is 51.7 Å². The predicted molar refractivity (Wildman–Crippen MR) is 221 cm³/mol. The highest BCUT2D eigenvalue weighted by Crippen LogP contribution is 2.52. The molecule has 5 fully saturated rings. The van der Waals surface area contributed by atoms with E-state index in [-0.39, 0.29) is 36.9 Å². The summed E-state index contributed by atoms with van der Waals surface area (Å²) in [7, 11) is 0. The van der Waals surface area contributed by atoms with Crippen LogP contribution in [0.25, 0.3) is 10.9 Å². The van der Waals surface area contributed by atoms with Gasteiger partial charge in [0, 0.05) is 43.5 Å². The number of allylic oxidation sites excluding steroid dienone is 2. The summed E-state index contributed by atoms with van der Waals surface area (Å²) in [6.45, 7) is 8.36. The lowest BCUT2D eigenvalue weighted by Gasteiger charge is -2.28. The molecule has 5 N–H and O–H groups in total. The maximum absolute atomic E-state index is 14.4. The number of aromatic nitrogens is 1. The second-order valence-electron chi connectivity index (χ2n) is 17.1. The molecule has 8 atom stereocenters. The number of carbonyl (C=O) groups excluding carboxylic acids is 3. The average molecular weight is 839 g/mol. The molecule has 16 heteroatoms. The van der Waals surface area contributed by atoms with Gasteiger partial charge in [-0.05, 0) is 88.7 Å². The van der Waals surface area contributed by atoms with Gasteiger partial charge in [0.1, 0.15) is 53.2 Å². The number of aliphatic carboxylic acids is 1. The number of hydrogen-bond acceptors (Lipinski definition) is 11. The molecule has 2 aromatic rings. The van der Waals surface area contributed by atoms with Gasteiger partial charge in [0.2, 0.25) is 11.8 Å². The lowest BCUT2D eigenvalue weighted by molar-refractivity contribution is -0.139. The standard InChI is InChI=1S/C43H59ClN6O9/c1-25(2)46-37-23-36(31-10-11-35(38(44)39(31)48-37)57-17-14-49-12-15-56-16-13-49)58-30-22-34(40(45)51)50(24-30)41(52)33(47-43(55)59-29-19-27-18-28(27)20-29)9-7-5-3-4-6-8-26-21-32(26)42(53)54/h6,8,10-11,23,25-30,32-34H,3-5,7,9,12-22,24H2,1-2H3,(H2,45,51)(H,46,48)(H,47,55)(H,53,54)/b8-6-/t26-,27+,28?,29?,30?,32+,33+,34+/m1/s1. The number of amides is 3. The second-order valence-corrected chi connectivity index (χ2v) is 17.5. The Morgan fingerprint density at radius 2 is 1.81 bits per heavy atom. The van der Waals surface area contributed by atoms with Crippen molar-refractivity contribution in [3.05, 3.63) is 35.4 Å². The first kappa shape index (κ1) is 42.8. The summed E-state index contributed by atoms with van der Waals surface area (Å²) in [5, 5.41) is 16.3. The maximum Gasteiger partial charge on any atom is 0.408 e. The van der Waals surface area contributed by atoms with Gasteiger partial charge in [-0.15, -0.1) is 0 Å². The molecule has 59 heavy (non-hydrogen) atoms. The lowest BCUT2D eigenvalue weighted by atomic mass is 10.0. The third kappa shape index (κ3) is 11.3. The smallest absolute Gasteiger partial charge is 0.408 e. The van der Waals surface area contributed by atoms with Gasteiger partial charge in [-0.3, -0.25) is 19.3 Å². The van der Waals surface area contributed by atoms with E-state index in [4.69, 9.17) is 46.4 Å². The number of anilines is 1. The van der Waals surface area contributed by atoms with Gasteiger partial charge in [-0.1, -0.05) is 36.6 Å². The van der Waals surface area contributed by atoms with E-state index >= 15 is 0 Å². The minimum Gasteiger partial charge on any atom is -0.491 e. The molecule has 3 amide bonds. The Balaban J connectivity index is 1.02. The Labute approximate surface area is 350 Å². The number of pyridine rings is 1. The Morgan fingerprint density at radius 3 is 2.53 bits per heavy atom. The van der Waals surface area contributed by atoms with Crippen molar-refractivity contribution >= 4 is 52.2 Å². The van der Waals surface area contributed by atoms with Gasteiger partial charge in [0.25, 0.3) is 0 Å². The van der Waals surface area contributed by atoms with E-state index in [1.807, 2.05) is 32.1 Å². The number of primary amides is 1. The number of benzene rings is 1. The number of fused-ring (bicyclic) bond motifs is 2. The van der Waals surface area contributed by atoms with Crippen LogP contribution < -0.4 is 25.8 Å². The molecule has 3 heterocycles. The molecule has 5 aliphatic rings. The van der Waals surface area contributed by atoms with Crippen molar-refractivity contribution in [3.63, 3.8) is 0 Å². The molecule has 1 aromatic heterocycles. The third-order valence-corrected chi connectivity index (χ3v) is 12.6. The molecule has 7 rings (SSSR count). The van der Waals surface area contributed by atoms with Gasteiger partial charge >= 0.3 is 12.1 Å². The molecule has 0 spiro atoms. The topological polar surface area (TPSA) is 195 Å². The number of morpholine rings is 1. The molecule has 322 valence electrons. The van der Waals surface area contributed by atoms with E-state index in [1.54, 1.807) is 12.1 Å². The first-order valence-corrected chi connectivity index (χ1v) is 21.8. The van der Waals surface area contributed by atoms with Gasteiger partial charge in [0.15, 0.2) is 0 Å². The number of alkyl carbamates (subject to hydrolysis) is 1. The zero-order chi connectivity index (χ0) is 41.6. The Kier molecular flexibility index (Phi) is 14.0. The van der Waals surface area contributed by atoms with Crippen LogP contribution >= 0.6 is 11.6 Å². The van der Waals surface area contributed by atoms with Gasteiger partial charge in [-0.25, -0.2) is 9.78 Å². The van der Waals surface area contributed by atoms with Crippen LogP contribution in [-0.2, 0) is 23.9 Å². The summed E-state index contributed by atoms with van der Waals surface area (Å²) in [6.07, 6.45) is 9.77. The van der Waals surface area contributed by atoms with Crippen LogP contribution in [0, 0.1) is 23.7 Å². The van der Waals surface area contributed by atoms with Crippen molar-refractivity contribution in [1.29, 1.82) is 0 Å². The Hall–Kier alpha value is -4.34. The number of nitrogens with two attached hydrogens (primary N) is 1. The number of carboxylic acids is 1. The highest BCUT2D eigenvalue weighted by Gasteiger charge is 2.48. The normalized spacial score (nSPS) is 26.8. The van der Waals surface area contributed by atoms with Crippen molar-refractivity contribution in [3.8, 4) is 11.5 Å². The van der Waals surface area contributed by atoms with E-state index in [0.29, 0.717) is 84.2 Å². The fourth-order valence-electron chi connectivity index (χ4n) is 8.78. The summed E-state index contributed by atoms with van der Waals surface area (Å²) < 4.78 is 23.9. The fraction of sp³-hybridized carbons (Fsp3) is 0.651. The number of likely N-dealkylation sites (tertiary alicyclic amines) is 1. The van der Waals surface area contributed by atoms with E-state index in [9.17, 15) is 19.2 Å². The molecule has 3 aliphatic carbocycles. The zero-order valence-electron chi connectivity index (χ0n) is 34.1. The number of hydrogen-bond donors (Lipinski definition) is 4. The number of rotatable bonds is 20. The number of unbranched alkanes of at least 4 members (excludes halogenated alkanes) is 3. The number of carbonyl (C=O) groups is 4.